The standard InChI is InChI=1S/C21H24N4O5S2/c1-13-6-7-18(29-3)17(9-13)23-21(26)15-5-4-8-25(11-15)32(27,28)19-10-16(12-31-19)20-22-14(2)30-24-20/h6-7,9-10,12,15H,4-5,8,11H2,1-3H3,(H,23,26)/t15-/m1/s1. The number of thiophene rings is 1. The van der Waals surface area contributed by atoms with Gasteiger partial charge in [0.25, 0.3) is 10.0 Å². The summed E-state index contributed by atoms with van der Waals surface area (Å²) in [4.78, 5) is 17.1. The van der Waals surface area contributed by atoms with E-state index in [0.29, 0.717) is 48.1 Å². The minimum Gasteiger partial charge on any atom is -0.495 e. The van der Waals surface area contributed by atoms with Crippen molar-refractivity contribution in [3.8, 4) is 17.1 Å². The molecule has 2 aromatic heterocycles. The monoisotopic (exact) mass is 476 g/mol. The van der Waals surface area contributed by atoms with Crippen molar-refractivity contribution in [3.05, 3.63) is 41.1 Å². The van der Waals surface area contributed by atoms with E-state index in [4.69, 9.17) is 9.26 Å². The van der Waals surface area contributed by atoms with Crippen molar-refractivity contribution in [2.45, 2.75) is 30.9 Å². The van der Waals surface area contributed by atoms with E-state index < -0.39 is 15.9 Å². The van der Waals surface area contributed by atoms with Crippen LogP contribution in [0.1, 0.15) is 24.3 Å². The molecule has 0 saturated carbocycles. The lowest BCUT2D eigenvalue weighted by Crippen LogP contribution is -2.43. The molecular formula is C21H24N4O5S2. The average molecular weight is 477 g/mol. The molecule has 3 heterocycles. The lowest BCUT2D eigenvalue weighted by Gasteiger charge is -2.31. The number of hydrogen-bond acceptors (Lipinski definition) is 8. The summed E-state index contributed by atoms with van der Waals surface area (Å²) in [7, 11) is -2.20. The van der Waals surface area contributed by atoms with Crippen molar-refractivity contribution < 1.29 is 22.5 Å². The van der Waals surface area contributed by atoms with Crippen LogP contribution in [0.15, 0.2) is 38.4 Å². The maximum Gasteiger partial charge on any atom is 0.252 e. The molecule has 0 spiro atoms. The predicted octanol–water partition coefficient (Wildman–Crippen LogP) is 3.46. The van der Waals surface area contributed by atoms with Gasteiger partial charge in [0.15, 0.2) is 0 Å². The maximum atomic E-state index is 13.2. The summed E-state index contributed by atoms with van der Waals surface area (Å²) in [5, 5.41) is 8.43. The second-order valence-electron chi connectivity index (χ2n) is 7.69. The Morgan fingerprint density at radius 1 is 1.31 bits per heavy atom. The van der Waals surface area contributed by atoms with Gasteiger partial charge in [-0.25, -0.2) is 8.42 Å². The van der Waals surface area contributed by atoms with Gasteiger partial charge in [-0.15, -0.1) is 11.3 Å². The molecule has 0 bridgehead atoms. The van der Waals surface area contributed by atoms with E-state index in [1.807, 2.05) is 19.1 Å². The molecular weight excluding hydrogens is 452 g/mol. The maximum absolute atomic E-state index is 13.2. The highest BCUT2D eigenvalue weighted by molar-refractivity contribution is 7.91. The molecule has 1 saturated heterocycles. The highest BCUT2D eigenvalue weighted by Gasteiger charge is 2.34. The zero-order chi connectivity index (χ0) is 22.9. The smallest absolute Gasteiger partial charge is 0.252 e. The van der Waals surface area contributed by atoms with Gasteiger partial charge in [-0.1, -0.05) is 11.2 Å². The third-order valence-corrected chi connectivity index (χ3v) is 8.60. The largest absolute Gasteiger partial charge is 0.495 e. The molecule has 1 atom stereocenters. The van der Waals surface area contributed by atoms with Crippen molar-refractivity contribution in [3.63, 3.8) is 0 Å². The molecule has 1 aliphatic heterocycles. The number of amides is 1. The molecule has 1 N–H and O–H groups in total. The number of benzene rings is 1. The Hall–Kier alpha value is -2.76. The first kappa shape index (κ1) is 22.4. The van der Waals surface area contributed by atoms with Crippen LogP contribution in [-0.4, -0.2) is 49.0 Å². The summed E-state index contributed by atoms with van der Waals surface area (Å²) in [5.74, 6) is 0.645. The van der Waals surface area contributed by atoms with Crippen LogP contribution in [0.2, 0.25) is 0 Å². The predicted molar refractivity (Wildman–Crippen MR) is 120 cm³/mol. The van der Waals surface area contributed by atoms with Gasteiger partial charge < -0.3 is 14.6 Å². The Kier molecular flexibility index (Phi) is 6.31. The summed E-state index contributed by atoms with van der Waals surface area (Å²) < 4.78 is 38.3. The van der Waals surface area contributed by atoms with Gasteiger partial charge >= 0.3 is 0 Å². The highest BCUT2D eigenvalue weighted by atomic mass is 32.2. The number of methoxy groups -OCH3 is 1. The summed E-state index contributed by atoms with van der Waals surface area (Å²) in [6, 6.07) is 7.07. The molecule has 4 rings (SSSR count). The van der Waals surface area contributed by atoms with Crippen molar-refractivity contribution in [2.75, 3.05) is 25.5 Å². The fourth-order valence-electron chi connectivity index (χ4n) is 3.64. The van der Waals surface area contributed by atoms with Crippen LogP contribution in [0.5, 0.6) is 5.75 Å². The van der Waals surface area contributed by atoms with Crippen LogP contribution >= 0.6 is 11.3 Å². The zero-order valence-corrected chi connectivity index (χ0v) is 19.6. The van der Waals surface area contributed by atoms with E-state index in [2.05, 4.69) is 15.5 Å². The third-order valence-electron chi connectivity index (χ3n) is 5.32. The van der Waals surface area contributed by atoms with Crippen LogP contribution in [-0.2, 0) is 14.8 Å². The molecule has 1 amide bonds. The van der Waals surface area contributed by atoms with Crippen LogP contribution in [0.4, 0.5) is 5.69 Å². The topological polar surface area (TPSA) is 115 Å². The molecule has 1 fully saturated rings. The fraction of sp³-hybridized carbons (Fsp3) is 0.381. The Bertz CT molecular complexity index is 1230. The number of carbonyl (C=O) groups excluding carboxylic acids is 1. The summed E-state index contributed by atoms with van der Waals surface area (Å²) in [6.07, 6.45) is 1.22. The average Bonchev–Trinajstić information content (AvgIpc) is 3.43. The van der Waals surface area contributed by atoms with E-state index in [0.717, 1.165) is 16.9 Å². The van der Waals surface area contributed by atoms with E-state index in [-0.39, 0.29) is 16.7 Å². The van der Waals surface area contributed by atoms with Crippen molar-refractivity contribution in [2.24, 2.45) is 5.92 Å². The van der Waals surface area contributed by atoms with Crippen LogP contribution in [0, 0.1) is 19.8 Å². The van der Waals surface area contributed by atoms with E-state index in [9.17, 15) is 13.2 Å². The second-order valence-corrected chi connectivity index (χ2v) is 10.8. The van der Waals surface area contributed by atoms with Crippen molar-refractivity contribution in [1.29, 1.82) is 0 Å². The van der Waals surface area contributed by atoms with Crippen LogP contribution in [0.3, 0.4) is 0 Å². The van der Waals surface area contributed by atoms with Gasteiger partial charge in [-0.05, 0) is 43.5 Å². The number of nitrogens with one attached hydrogen (secondary N) is 1. The van der Waals surface area contributed by atoms with Gasteiger partial charge in [0.2, 0.25) is 17.6 Å². The Morgan fingerprint density at radius 2 is 2.12 bits per heavy atom. The number of sulfonamides is 1. The lowest BCUT2D eigenvalue weighted by atomic mass is 9.98. The quantitative estimate of drug-likeness (QED) is 0.579. The molecule has 1 aliphatic rings. The summed E-state index contributed by atoms with van der Waals surface area (Å²) in [5.41, 5.74) is 2.15. The first-order valence-electron chi connectivity index (χ1n) is 10.1. The number of aromatic nitrogens is 2. The number of hydrogen-bond donors (Lipinski definition) is 1. The molecule has 170 valence electrons. The molecule has 11 heteroatoms. The second kappa shape index (κ2) is 9.00. The first-order valence-corrected chi connectivity index (χ1v) is 12.4. The normalized spacial score (nSPS) is 17.3. The SMILES string of the molecule is COc1ccc(C)cc1NC(=O)[C@@H]1CCCN(S(=O)(=O)c2cc(-c3noc(C)n3)cs2)C1. The van der Waals surface area contributed by atoms with Gasteiger partial charge in [-0.3, -0.25) is 4.79 Å². The molecule has 9 nitrogen and oxygen atoms in total. The molecule has 0 unspecified atom stereocenters. The summed E-state index contributed by atoms with van der Waals surface area (Å²) >= 11 is 1.10. The Labute approximate surface area is 190 Å². The molecule has 3 aromatic rings. The molecule has 32 heavy (non-hydrogen) atoms. The Balaban J connectivity index is 1.49. The number of rotatable bonds is 6. The number of anilines is 1. The van der Waals surface area contributed by atoms with E-state index in [1.165, 1.54) is 4.31 Å². The van der Waals surface area contributed by atoms with Gasteiger partial charge in [0.1, 0.15) is 9.96 Å². The minimum absolute atomic E-state index is 0.122. The van der Waals surface area contributed by atoms with Gasteiger partial charge in [-0.2, -0.15) is 9.29 Å². The van der Waals surface area contributed by atoms with E-state index in [1.54, 1.807) is 31.5 Å². The Morgan fingerprint density at radius 3 is 2.84 bits per heavy atom. The molecule has 0 aliphatic carbocycles. The van der Waals surface area contributed by atoms with E-state index >= 15 is 0 Å². The number of ether oxygens (including phenoxy) is 1. The number of carbonyl (C=O) groups is 1. The van der Waals surface area contributed by atoms with Gasteiger partial charge in [0.05, 0.1) is 18.7 Å². The van der Waals surface area contributed by atoms with Gasteiger partial charge in [0, 0.05) is 31.0 Å². The minimum atomic E-state index is -3.74. The highest BCUT2D eigenvalue weighted by Crippen LogP contribution is 2.32. The zero-order valence-electron chi connectivity index (χ0n) is 18.0. The van der Waals surface area contributed by atoms with Crippen LogP contribution < -0.4 is 10.1 Å². The fourth-order valence-corrected chi connectivity index (χ4v) is 6.48. The molecule has 0 radical (unpaired) electrons. The van der Waals surface area contributed by atoms with Crippen molar-refractivity contribution >= 4 is 33.0 Å². The van der Waals surface area contributed by atoms with Crippen LogP contribution in [0.25, 0.3) is 11.4 Å². The first-order chi connectivity index (χ1) is 15.3. The molecule has 1 aromatic carbocycles. The number of nitrogens with zero attached hydrogens (tertiary/aromatic N) is 3. The number of piperidine rings is 1. The van der Waals surface area contributed by atoms with Crippen molar-refractivity contribution in [1.82, 2.24) is 14.4 Å². The third kappa shape index (κ3) is 4.54. The number of aryl methyl sites for hydroxylation is 2. The summed E-state index contributed by atoms with van der Waals surface area (Å²) in [6.45, 7) is 4.09. The lowest BCUT2D eigenvalue weighted by molar-refractivity contribution is -0.120.